The topological polar surface area (TPSA) is 76.1 Å². The highest BCUT2D eigenvalue weighted by Gasteiger charge is 2.22. The van der Waals surface area contributed by atoms with Gasteiger partial charge in [0.05, 0.1) is 18.4 Å². The fourth-order valence-electron chi connectivity index (χ4n) is 3.12. The van der Waals surface area contributed by atoms with Crippen molar-refractivity contribution in [2.75, 3.05) is 17.7 Å². The molecule has 0 saturated heterocycles. The molecule has 8 heteroatoms. The number of aryl methyl sites for hydroxylation is 2. The van der Waals surface area contributed by atoms with Crippen molar-refractivity contribution in [3.05, 3.63) is 59.2 Å². The molecule has 29 heavy (non-hydrogen) atoms. The second-order valence-corrected chi connectivity index (χ2v) is 9.08. The Labute approximate surface area is 178 Å². The summed E-state index contributed by atoms with van der Waals surface area (Å²) in [6.07, 6.45) is 0.774. The Bertz CT molecular complexity index is 1020. The third-order valence-corrected chi connectivity index (χ3v) is 6.76. The number of hydrogen-bond donors (Lipinski definition) is 2. The summed E-state index contributed by atoms with van der Waals surface area (Å²) in [7, 11) is 0. The van der Waals surface area contributed by atoms with E-state index in [2.05, 4.69) is 46.8 Å². The van der Waals surface area contributed by atoms with Crippen LogP contribution < -0.4 is 15.4 Å². The van der Waals surface area contributed by atoms with Crippen LogP contribution in [-0.2, 0) is 4.79 Å². The third-order valence-electron chi connectivity index (χ3n) is 4.79. The van der Waals surface area contributed by atoms with Crippen molar-refractivity contribution in [1.29, 1.82) is 0 Å². The van der Waals surface area contributed by atoms with E-state index < -0.39 is 0 Å². The standard InChI is InChI=1S/C21H22N4O2S2/c1-13-7-8-15(11-14(13)2)22-20-24-25-21(29-20)28-12-19(26)23-17-9-10-27-18-6-4-3-5-16(17)18/h3-8,11,17H,9-10,12H2,1-2H3,(H,22,24)(H,23,26). The summed E-state index contributed by atoms with van der Waals surface area (Å²) in [5, 5.41) is 15.4. The van der Waals surface area contributed by atoms with E-state index in [1.54, 1.807) is 0 Å². The zero-order valence-electron chi connectivity index (χ0n) is 16.3. The van der Waals surface area contributed by atoms with Crippen LogP contribution in [0.15, 0.2) is 46.8 Å². The number of nitrogens with zero attached hydrogens (tertiary/aromatic N) is 2. The van der Waals surface area contributed by atoms with Gasteiger partial charge in [-0.05, 0) is 43.2 Å². The lowest BCUT2D eigenvalue weighted by molar-refractivity contribution is -0.119. The molecule has 2 heterocycles. The van der Waals surface area contributed by atoms with Crippen LogP contribution in [0.5, 0.6) is 5.75 Å². The normalized spacial score (nSPS) is 15.3. The average Bonchev–Trinajstić information content (AvgIpc) is 3.17. The van der Waals surface area contributed by atoms with Crippen molar-refractivity contribution in [3.63, 3.8) is 0 Å². The summed E-state index contributed by atoms with van der Waals surface area (Å²) in [4.78, 5) is 12.4. The van der Waals surface area contributed by atoms with E-state index in [-0.39, 0.29) is 11.9 Å². The maximum atomic E-state index is 12.4. The van der Waals surface area contributed by atoms with Gasteiger partial charge in [0.15, 0.2) is 4.34 Å². The summed E-state index contributed by atoms with van der Waals surface area (Å²) in [5.41, 5.74) is 4.49. The lowest BCUT2D eigenvalue weighted by Crippen LogP contribution is -2.33. The van der Waals surface area contributed by atoms with E-state index in [4.69, 9.17) is 4.74 Å². The molecule has 0 fully saturated rings. The smallest absolute Gasteiger partial charge is 0.230 e. The number of fused-ring (bicyclic) bond motifs is 1. The molecule has 1 amide bonds. The highest BCUT2D eigenvalue weighted by Crippen LogP contribution is 2.32. The van der Waals surface area contributed by atoms with Crippen molar-refractivity contribution in [1.82, 2.24) is 15.5 Å². The Kier molecular flexibility index (Phi) is 6.01. The van der Waals surface area contributed by atoms with Crippen LogP contribution >= 0.6 is 23.1 Å². The number of benzene rings is 2. The lowest BCUT2D eigenvalue weighted by Gasteiger charge is -2.26. The molecule has 0 bridgehead atoms. The van der Waals surface area contributed by atoms with Gasteiger partial charge in [0.1, 0.15) is 5.75 Å². The zero-order chi connectivity index (χ0) is 20.2. The minimum absolute atomic E-state index is 0.00975. The van der Waals surface area contributed by atoms with E-state index in [0.717, 1.165) is 32.9 Å². The number of nitrogens with one attached hydrogen (secondary N) is 2. The molecule has 0 saturated carbocycles. The van der Waals surface area contributed by atoms with Gasteiger partial charge in [-0.2, -0.15) is 0 Å². The average molecular weight is 427 g/mol. The van der Waals surface area contributed by atoms with Crippen LogP contribution in [0.4, 0.5) is 10.8 Å². The largest absolute Gasteiger partial charge is 0.493 e. The zero-order valence-corrected chi connectivity index (χ0v) is 17.9. The summed E-state index contributed by atoms with van der Waals surface area (Å²) >= 11 is 2.84. The number of aromatic nitrogens is 2. The third kappa shape index (κ3) is 4.89. The van der Waals surface area contributed by atoms with Crippen LogP contribution in [0.25, 0.3) is 0 Å². The predicted octanol–water partition coefficient (Wildman–Crippen LogP) is 4.63. The van der Waals surface area contributed by atoms with Gasteiger partial charge in [-0.1, -0.05) is 47.4 Å². The first-order valence-electron chi connectivity index (χ1n) is 9.40. The molecule has 0 radical (unpaired) electrons. The van der Waals surface area contributed by atoms with Crippen LogP contribution in [0.1, 0.15) is 29.2 Å². The maximum Gasteiger partial charge on any atom is 0.230 e. The summed E-state index contributed by atoms with van der Waals surface area (Å²) in [6, 6.07) is 14.0. The van der Waals surface area contributed by atoms with Crippen LogP contribution in [0, 0.1) is 13.8 Å². The Morgan fingerprint density at radius 2 is 2.07 bits per heavy atom. The number of para-hydroxylation sites is 1. The van der Waals surface area contributed by atoms with Crippen molar-refractivity contribution < 1.29 is 9.53 Å². The second kappa shape index (κ2) is 8.84. The molecule has 2 N–H and O–H groups in total. The Balaban J connectivity index is 1.31. The van der Waals surface area contributed by atoms with Gasteiger partial charge in [0.25, 0.3) is 0 Å². The molecule has 150 valence electrons. The van der Waals surface area contributed by atoms with Gasteiger partial charge in [0, 0.05) is 17.7 Å². The summed E-state index contributed by atoms with van der Waals surface area (Å²) < 4.78 is 6.41. The first-order valence-corrected chi connectivity index (χ1v) is 11.2. The van der Waals surface area contributed by atoms with Crippen molar-refractivity contribution in [2.45, 2.75) is 30.6 Å². The number of carbonyl (C=O) groups excluding carboxylic acids is 1. The van der Waals surface area contributed by atoms with Gasteiger partial charge in [0.2, 0.25) is 11.0 Å². The fraction of sp³-hybridized carbons (Fsp3) is 0.286. The molecule has 1 aromatic heterocycles. The van der Waals surface area contributed by atoms with E-state index in [1.807, 2.05) is 30.3 Å². The highest BCUT2D eigenvalue weighted by atomic mass is 32.2. The van der Waals surface area contributed by atoms with Gasteiger partial charge in [-0.15, -0.1) is 10.2 Å². The first-order chi connectivity index (χ1) is 14.1. The molecular weight excluding hydrogens is 404 g/mol. The molecule has 6 nitrogen and oxygen atoms in total. The molecule has 1 aliphatic rings. The molecule has 1 unspecified atom stereocenters. The van der Waals surface area contributed by atoms with Crippen molar-refractivity contribution in [3.8, 4) is 5.75 Å². The summed E-state index contributed by atoms with van der Waals surface area (Å²) in [6.45, 7) is 4.78. The lowest BCUT2D eigenvalue weighted by atomic mass is 10.0. The number of amides is 1. The molecule has 3 aromatic rings. The first kappa shape index (κ1) is 19.7. The van der Waals surface area contributed by atoms with Gasteiger partial charge in [-0.25, -0.2) is 0 Å². The number of rotatable bonds is 6. The highest BCUT2D eigenvalue weighted by molar-refractivity contribution is 8.01. The van der Waals surface area contributed by atoms with Gasteiger partial charge < -0.3 is 15.4 Å². The van der Waals surface area contributed by atoms with Gasteiger partial charge >= 0.3 is 0 Å². The maximum absolute atomic E-state index is 12.4. The molecule has 4 rings (SSSR count). The Morgan fingerprint density at radius 1 is 1.21 bits per heavy atom. The number of anilines is 2. The minimum Gasteiger partial charge on any atom is -0.493 e. The molecular formula is C21H22N4O2S2. The van der Waals surface area contributed by atoms with E-state index in [0.29, 0.717) is 12.4 Å². The molecule has 0 aliphatic carbocycles. The SMILES string of the molecule is Cc1ccc(Nc2nnc(SCC(=O)NC3CCOc4ccccc43)s2)cc1C. The molecule has 1 atom stereocenters. The van der Waals surface area contributed by atoms with E-state index in [9.17, 15) is 4.79 Å². The molecule has 1 aliphatic heterocycles. The Morgan fingerprint density at radius 3 is 2.93 bits per heavy atom. The van der Waals surface area contributed by atoms with Crippen LogP contribution in [-0.4, -0.2) is 28.5 Å². The van der Waals surface area contributed by atoms with Crippen molar-refractivity contribution in [2.24, 2.45) is 0 Å². The van der Waals surface area contributed by atoms with Crippen LogP contribution in [0.3, 0.4) is 0 Å². The number of ether oxygens (including phenoxy) is 1. The van der Waals surface area contributed by atoms with Crippen molar-refractivity contribution >= 4 is 39.8 Å². The number of hydrogen-bond acceptors (Lipinski definition) is 7. The molecule has 0 spiro atoms. The second-order valence-electron chi connectivity index (χ2n) is 6.88. The quantitative estimate of drug-likeness (QED) is 0.560. The number of carbonyl (C=O) groups is 1. The van der Waals surface area contributed by atoms with Gasteiger partial charge in [-0.3, -0.25) is 4.79 Å². The minimum atomic E-state index is -0.0180. The monoisotopic (exact) mass is 426 g/mol. The fourth-order valence-corrected chi connectivity index (χ4v) is 4.70. The van der Waals surface area contributed by atoms with E-state index in [1.165, 1.54) is 34.2 Å². The Hall–Kier alpha value is -2.58. The van der Waals surface area contributed by atoms with E-state index >= 15 is 0 Å². The molecule has 2 aromatic carbocycles. The predicted molar refractivity (Wildman–Crippen MR) is 117 cm³/mol. The number of thioether (sulfide) groups is 1. The summed E-state index contributed by atoms with van der Waals surface area (Å²) in [5.74, 6) is 1.14. The van der Waals surface area contributed by atoms with Crippen LogP contribution in [0.2, 0.25) is 0 Å².